The lowest BCUT2D eigenvalue weighted by Crippen LogP contribution is -2.15. The number of amides is 2. The van der Waals surface area contributed by atoms with Gasteiger partial charge >= 0.3 is 0 Å². The number of carbonyl (C=O) groups is 3. The number of nitrogens with zero attached hydrogens (tertiary/aromatic N) is 9. The van der Waals surface area contributed by atoms with E-state index < -0.39 is 11.8 Å². The summed E-state index contributed by atoms with van der Waals surface area (Å²) in [6.07, 6.45) is 7.58. The van der Waals surface area contributed by atoms with Crippen molar-refractivity contribution in [3.05, 3.63) is 101 Å². The van der Waals surface area contributed by atoms with E-state index in [-0.39, 0.29) is 12.2 Å². The molecule has 0 atom stereocenters. The fraction of sp³-hybridized carbons (Fsp3) is 0.243. The highest BCUT2D eigenvalue weighted by atomic mass is 16.1. The summed E-state index contributed by atoms with van der Waals surface area (Å²) in [6, 6.07) is 12.4. The first kappa shape index (κ1) is 33.1. The van der Waals surface area contributed by atoms with Gasteiger partial charge in [-0.25, -0.2) is 15.0 Å². The Morgan fingerprint density at radius 3 is 2.29 bits per heavy atom. The maximum Gasteiger partial charge on any atom is 0.248 e. The summed E-state index contributed by atoms with van der Waals surface area (Å²) in [5.74, 6) is -0.0707. The van der Waals surface area contributed by atoms with Gasteiger partial charge in [-0.05, 0) is 75.7 Å². The van der Waals surface area contributed by atoms with E-state index in [4.69, 9.17) is 21.4 Å². The Hall–Kier alpha value is -6.44. The molecule has 0 radical (unpaired) electrons. The molecule has 7 aromatic rings. The number of hydrogen-bond acceptors (Lipinski definition) is 8. The SMILES string of the molecule is CCn1nc(C)cc1C(=O)Cc1nc2cc(C(N)=O)cc(C)c2n1C/C=C/Cn1c2ccc(C(N)=O)cc2c2cnc(-c3ccnn3CC)nc21. The standard InChI is InChI=1S/C37H37N11O3/c1-5-47-29(11-12-41-47)36-40-20-26-25-17-23(34(38)50)9-10-28(25)45(37(26)43-36)13-7-8-14-46-32(19-31(49)30-16-22(4)44-48(30)6-2)42-27-18-24(35(39)51)15-21(3)33(27)46/h7-12,15-18,20H,5-6,13-14,19H2,1-4H3,(H2,38,50)(H2,39,51)/b8-7+. The van der Waals surface area contributed by atoms with Crippen molar-refractivity contribution in [2.45, 2.75) is 60.3 Å². The van der Waals surface area contributed by atoms with E-state index in [0.29, 0.717) is 65.8 Å². The van der Waals surface area contributed by atoms with Crippen LogP contribution in [-0.2, 0) is 32.6 Å². The minimum Gasteiger partial charge on any atom is -0.366 e. The number of fused-ring (bicyclic) bond motifs is 4. The largest absolute Gasteiger partial charge is 0.366 e. The van der Waals surface area contributed by atoms with Gasteiger partial charge in [-0.15, -0.1) is 0 Å². The predicted molar refractivity (Wildman–Crippen MR) is 193 cm³/mol. The molecule has 5 aromatic heterocycles. The van der Waals surface area contributed by atoms with Gasteiger partial charge in [0.25, 0.3) is 0 Å². The Labute approximate surface area is 292 Å². The number of aromatic nitrogens is 9. The van der Waals surface area contributed by atoms with Crippen molar-refractivity contribution in [2.24, 2.45) is 11.5 Å². The first-order valence-corrected chi connectivity index (χ1v) is 16.7. The fourth-order valence-corrected chi connectivity index (χ4v) is 6.71. The molecule has 14 nitrogen and oxygen atoms in total. The number of Topliss-reactive ketones (excluding diaryl/α,β-unsaturated/α-hetero) is 1. The maximum absolute atomic E-state index is 13.6. The summed E-state index contributed by atoms with van der Waals surface area (Å²) < 4.78 is 7.60. The van der Waals surface area contributed by atoms with Crippen LogP contribution >= 0.6 is 0 Å². The number of rotatable bonds is 12. The number of carbonyl (C=O) groups excluding carboxylic acids is 3. The molecule has 14 heteroatoms. The van der Waals surface area contributed by atoms with E-state index in [0.717, 1.165) is 38.8 Å². The summed E-state index contributed by atoms with van der Waals surface area (Å²) in [7, 11) is 0. The lowest BCUT2D eigenvalue weighted by molar-refractivity contribution is 0.0975. The Kier molecular flexibility index (Phi) is 8.51. The van der Waals surface area contributed by atoms with Crippen LogP contribution in [0.5, 0.6) is 0 Å². The molecular weight excluding hydrogens is 646 g/mol. The van der Waals surface area contributed by atoms with Gasteiger partial charge in [-0.2, -0.15) is 10.2 Å². The number of allylic oxidation sites excluding steroid dienone is 2. The van der Waals surface area contributed by atoms with Crippen LogP contribution in [0.3, 0.4) is 0 Å². The van der Waals surface area contributed by atoms with E-state index in [2.05, 4.69) is 19.7 Å². The van der Waals surface area contributed by atoms with E-state index in [1.165, 1.54) is 0 Å². The minimum atomic E-state index is -0.547. The van der Waals surface area contributed by atoms with Crippen molar-refractivity contribution in [3.8, 4) is 11.5 Å². The Bertz CT molecular complexity index is 2550. The van der Waals surface area contributed by atoms with Crippen LogP contribution in [0.2, 0.25) is 0 Å². The molecule has 4 N–H and O–H groups in total. The lowest BCUT2D eigenvalue weighted by atomic mass is 10.1. The van der Waals surface area contributed by atoms with Crippen LogP contribution in [0.25, 0.3) is 44.5 Å². The average molecular weight is 684 g/mol. The van der Waals surface area contributed by atoms with Gasteiger partial charge in [0.2, 0.25) is 11.8 Å². The van der Waals surface area contributed by atoms with Crippen LogP contribution in [0, 0.1) is 13.8 Å². The molecule has 258 valence electrons. The van der Waals surface area contributed by atoms with Crippen LogP contribution in [-0.4, -0.2) is 61.2 Å². The van der Waals surface area contributed by atoms with E-state index in [1.807, 2.05) is 61.2 Å². The number of benzene rings is 2. The number of ketones is 1. The molecule has 0 aliphatic rings. The molecule has 0 aliphatic carbocycles. The zero-order valence-electron chi connectivity index (χ0n) is 28.8. The summed E-state index contributed by atoms with van der Waals surface area (Å²) in [6.45, 7) is 9.79. The summed E-state index contributed by atoms with van der Waals surface area (Å²) in [5.41, 5.74) is 17.9. The monoisotopic (exact) mass is 683 g/mol. The van der Waals surface area contributed by atoms with Crippen LogP contribution in [0.1, 0.15) is 62.1 Å². The van der Waals surface area contributed by atoms with Gasteiger partial charge in [0.1, 0.15) is 22.9 Å². The molecule has 0 fully saturated rings. The number of hydrogen-bond donors (Lipinski definition) is 2. The van der Waals surface area contributed by atoms with Crippen molar-refractivity contribution < 1.29 is 14.4 Å². The van der Waals surface area contributed by atoms with Crippen molar-refractivity contribution in [2.75, 3.05) is 0 Å². The molecular formula is C37H37N11O3. The number of nitrogens with two attached hydrogens (primary N) is 2. The molecule has 2 aromatic carbocycles. The van der Waals surface area contributed by atoms with E-state index in [1.54, 1.807) is 47.4 Å². The fourth-order valence-electron chi connectivity index (χ4n) is 6.71. The highest BCUT2D eigenvalue weighted by molar-refractivity contribution is 6.09. The average Bonchev–Trinajstić information content (AvgIpc) is 3.89. The quantitative estimate of drug-likeness (QED) is 0.139. The third-order valence-electron chi connectivity index (χ3n) is 9.08. The minimum absolute atomic E-state index is 0.0438. The number of aryl methyl sites for hydroxylation is 4. The maximum atomic E-state index is 13.6. The molecule has 5 heterocycles. The highest BCUT2D eigenvalue weighted by Gasteiger charge is 2.21. The van der Waals surface area contributed by atoms with Crippen LogP contribution < -0.4 is 11.5 Å². The molecule has 51 heavy (non-hydrogen) atoms. The van der Waals surface area contributed by atoms with Gasteiger partial charge in [0, 0.05) is 60.5 Å². The van der Waals surface area contributed by atoms with Gasteiger partial charge in [-0.1, -0.05) is 12.2 Å². The summed E-state index contributed by atoms with van der Waals surface area (Å²) in [4.78, 5) is 52.2. The molecule has 0 saturated heterocycles. The van der Waals surface area contributed by atoms with Crippen LogP contribution in [0.15, 0.2) is 67.0 Å². The summed E-state index contributed by atoms with van der Waals surface area (Å²) in [5, 5.41) is 10.4. The molecule has 0 bridgehead atoms. The van der Waals surface area contributed by atoms with Crippen molar-refractivity contribution in [3.63, 3.8) is 0 Å². The lowest BCUT2D eigenvalue weighted by Gasteiger charge is -2.10. The Morgan fingerprint density at radius 1 is 0.824 bits per heavy atom. The second kappa shape index (κ2) is 13.1. The number of imidazole rings is 1. The summed E-state index contributed by atoms with van der Waals surface area (Å²) >= 11 is 0. The van der Waals surface area contributed by atoms with Gasteiger partial charge in [-0.3, -0.25) is 23.7 Å². The van der Waals surface area contributed by atoms with Gasteiger partial charge in [0.15, 0.2) is 11.6 Å². The topological polar surface area (TPSA) is 187 Å². The van der Waals surface area contributed by atoms with Crippen LogP contribution in [0.4, 0.5) is 0 Å². The molecule has 0 aliphatic heterocycles. The molecule has 7 rings (SSSR count). The third kappa shape index (κ3) is 5.94. The molecule has 0 unspecified atom stereocenters. The van der Waals surface area contributed by atoms with Crippen molar-refractivity contribution in [1.82, 2.24) is 43.6 Å². The Balaban J connectivity index is 1.27. The predicted octanol–water partition coefficient (Wildman–Crippen LogP) is 4.53. The van der Waals surface area contributed by atoms with E-state index in [9.17, 15) is 14.4 Å². The highest BCUT2D eigenvalue weighted by Crippen LogP contribution is 2.30. The first-order chi connectivity index (χ1) is 24.6. The van der Waals surface area contributed by atoms with Gasteiger partial charge in [0.05, 0.1) is 28.7 Å². The molecule has 0 spiro atoms. The zero-order chi connectivity index (χ0) is 36.0. The molecule has 0 saturated carbocycles. The first-order valence-electron chi connectivity index (χ1n) is 16.7. The second-order valence-corrected chi connectivity index (χ2v) is 12.4. The Morgan fingerprint density at radius 2 is 1.57 bits per heavy atom. The van der Waals surface area contributed by atoms with Crippen molar-refractivity contribution >= 4 is 50.6 Å². The number of primary amides is 2. The molecule has 2 amide bonds. The third-order valence-corrected chi connectivity index (χ3v) is 9.08. The van der Waals surface area contributed by atoms with E-state index >= 15 is 0 Å². The second-order valence-electron chi connectivity index (χ2n) is 12.4. The van der Waals surface area contributed by atoms with Crippen molar-refractivity contribution in [1.29, 1.82) is 0 Å². The van der Waals surface area contributed by atoms with Gasteiger partial charge < -0.3 is 20.6 Å². The zero-order valence-corrected chi connectivity index (χ0v) is 28.8. The normalized spacial score (nSPS) is 11.8. The smallest absolute Gasteiger partial charge is 0.248 e.